The maximum absolute atomic E-state index is 10.5. The van der Waals surface area contributed by atoms with Gasteiger partial charge in [0.15, 0.2) is 0 Å². The summed E-state index contributed by atoms with van der Waals surface area (Å²) < 4.78 is 0. The Morgan fingerprint density at radius 2 is 2.15 bits per heavy atom. The number of aliphatic hydroxyl groups is 1. The second kappa shape index (κ2) is 5.19. The summed E-state index contributed by atoms with van der Waals surface area (Å²) in [5.41, 5.74) is 4.37. The van der Waals surface area contributed by atoms with Crippen molar-refractivity contribution in [1.29, 1.82) is 0 Å². The van der Waals surface area contributed by atoms with Crippen LogP contribution in [-0.2, 0) is 4.79 Å². The number of nitrogens with two attached hydrogens (primary N) is 1. The van der Waals surface area contributed by atoms with Gasteiger partial charge in [0, 0.05) is 12.5 Å². The molecule has 0 aliphatic heterocycles. The predicted molar refractivity (Wildman–Crippen MR) is 52.2 cm³/mol. The van der Waals surface area contributed by atoms with Crippen LogP contribution in [0, 0.1) is 0 Å². The van der Waals surface area contributed by atoms with Crippen LogP contribution in [0.5, 0.6) is 0 Å². The second-order valence-electron chi connectivity index (χ2n) is 4.09. The first-order valence-electron chi connectivity index (χ1n) is 4.55. The maximum atomic E-state index is 10.5. The van der Waals surface area contributed by atoms with Crippen LogP contribution in [0.3, 0.4) is 0 Å². The van der Waals surface area contributed by atoms with Gasteiger partial charge >= 0.3 is 0 Å². The Kier molecular flexibility index (Phi) is 4.95. The quantitative estimate of drug-likeness (QED) is 0.549. The smallest absolute Gasteiger partial charge is 0.218 e. The van der Waals surface area contributed by atoms with E-state index in [2.05, 4.69) is 5.32 Å². The Bertz CT molecular complexity index is 163. The van der Waals surface area contributed by atoms with E-state index < -0.39 is 5.60 Å². The number of hydrogen-bond acceptors (Lipinski definition) is 3. The standard InChI is InChI=1S/C9H20N2O2/c1-7(6-8(10)12)11-5-4-9(2,3)13/h7,11,13H,4-6H2,1-3H3,(H2,10,12). The van der Waals surface area contributed by atoms with Crippen LogP contribution in [0.25, 0.3) is 0 Å². The van der Waals surface area contributed by atoms with E-state index in [0.29, 0.717) is 19.4 Å². The van der Waals surface area contributed by atoms with Crippen LogP contribution < -0.4 is 11.1 Å². The highest BCUT2D eigenvalue weighted by molar-refractivity contribution is 5.74. The zero-order chi connectivity index (χ0) is 10.5. The third-order valence-corrected chi connectivity index (χ3v) is 1.74. The number of rotatable bonds is 6. The fourth-order valence-electron chi connectivity index (χ4n) is 0.998. The van der Waals surface area contributed by atoms with Crippen molar-refractivity contribution in [2.45, 2.75) is 45.3 Å². The fraction of sp³-hybridized carbons (Fsp3) is 0.889. The molecule has 1 unspecified atom stereocenters. The molecule has 0 aromatic carbocycles. The van der Waals surface area contributed by atoms with Gasteiger partial charge in [-0.2, -0.15) is 0 Å². The summed E-state index contributed by atoms with van der Waals surface area (Å²) in [6.07, 6.45) is 1.00. The van der Waals surface area contributed by atoms with Crippen molar-refractivity contribution < 1.29 is 9.90 Å². The zero-order valence-corrected chi connectivity index (χ0v) is 8.63. The van der Waals surface area contributed by atoms with Crippen molar-refractivity contribution in [2.24, 2.45) is 5.73 Å². The van der Waals surface area contributed by atoms with Gasteiger partial charge in [0.05, 0.1) is 5.60 Å². The van der Waals surface area contributed by atoms with Crippen LogP contribution in [0.1, 0.15) is 33.6 Å². The zero-order valence-electron chi connectivity index (χ0n) is 8.63. The topological polar surface area (TPSA) is 75.4 Å². The number of hydrogen-bond donors (Lipinski definition) is 3. The average molecular weight is 188 g/mol. The van der Waals surface area contributed by atoms with Gasteiger partial charge in [-0.1, -0.05) is 0 Å². The molecule has 1 amide bonds. The summed E-state index contributed by atoms with van der Waals surface area (Å²) in [5, 5.41) is 12.5. The molecule has 0 saturated carbocycles. The molecule has 4 heteroatoms. The number of amides is 1. The summed E-state index contributed by atoms with van der Waals surface area (Å²) in [6.45, 7) is 6.11. The lowest BCUT2D eigenvalue weighted by molar-refractivity contribution is -0.118. The lowest BCUT2D eigenvalue weighted by atomic mass is 10.1. The maximum Gasteiger partial charge on any atom is 0.218 e. The molecule has 1 atom stereocenters. The number of nitrogens with one attached hydrogen (secondary N) is 1. The van der Waals surface area contributed by atoms with E-state index in [1.807, 2.05) is 6.92 Å². The van der Waals surface area contributed by atoms with Gasteiger partial charge in [-0.25, -0.2) is 0 Å². The molecular formula is C9H20N2O2. The van der Waals surface area contributed by atoms with Crippen LogP contribution in [0.4, 0.5) is 0 Å². The van der Waals surface area contributed by atoms with Gasteiger partial charge in [0.25, 0.3) is 0 Å². The fourth-order valence-corrected chi connectivity index (χ4v) is 0.998. The summed E-state index contributed by atoms with van der Waals surface area (Å²) in [4.78, 5) is 10.5. The molecule has 78 valence electrons. The first-order chi connectivity index (χ1) is 5.81. The predicted octanol–water partition coefficient (Wildman–Crippen LogP) is 0.000900. The molecular weight excluding hydrogens is 168 g/mol. The molecule has 4 N–H and O–H groups in total. The van der Waals surface area contributed by atoms with E-state index in [1.165, 1.54) is 0 Å². The van der Waals surface area contributed by atoms with Crippen molar-refractivity contribution in [2.75, 3.05) is 6.54 Å². The van der Waals surface area contributed by atoms with Crippen molar-refractivity contribution in [3.8, 4) is 0 Å². The van der Waals surface area contributed by atoms with Crippen LogP contribution in [0.15, 0.2) is 0 Å². The molecule has 0 aromatic heterocycles. The van der Waals surface area contributed by atoms with Crippen LogP contribution in [-0.4, -0.2) is 29.2 Å². The molecule has 0 aliphatic carbocycles. The summed E-state index contributed by atoms with van der Waals surface area (Å²) in [6, 6.07) is 0.0832. The number of carbonyl (C=O) groups is 1. The summed E-state index contributed by atoms with van der Waals surface area (Å²) in [7, 11) is 0. The monoisotopic (exact) mass is 188 g/mol. The minimum absolute atomic E-state index is 0.0832. The molecule has 0 saturated heterocycles. The third kappa shape index (κ3) is 9.30. The largest absolute Gasteiger partial charge is 0.390 e. The first-order valence-corrected chi connectivity index (χ1v) is 4.55. The van der Waals surface area contributed by atoms with E-state index in [-0.39, 0.29) is 11.9 Å². The summed E-state index contributed by atoms with van der Waals surface area (Å²) >= 11 is 0. The Morgan fingerprint density at radius 1 is 1.62 bits per heavy atom. The van der Waals surface area contributed by atoms with Gasteiger partial charge in [0.2, 0.25) is 5.91 Å². The van der Waals surface area contributed by atoms with Gasteiger partial charge in [-0.3, -0.25) is 4.79 Å². The molecule has 0 radical (unpaired) electrons. The Hall–Kier alpha value is -0.610. The lowest BCUT2D eigenvalue weighted by Gasteiger charge is -2.19. The average Bonchev–Trinajstić information content (AvgIpc) is 1.81. The molecule has 0 aliphatic rings. The highest BCUT2D eigenvalue weighted by Crippen LogP contribution is 2.05. The van der Waals surface area contributed by atoms with Gasteiger partial charge in [-0.05, 0) is 33.7 Å². The Morgan fingerprint density at radius 3 is 2.54 bits per heavy atom. The Labute approximate surface area is 79.5 Å². The molecule has 0 spiro atoms. The molecule has 13 heavy (non-hydrogen) atoms. The molecule has 4 nitrogen and oxygen atoms in total. The molecule has 0 aromatic rings. The number of carbonyl (C=O) groups excluding carboxylic acids is 1. The highest BCUT2D eigenvalue weighted by Gasteiger charge is 2.12. The third-order valence-electron chi connectivity index (χ3n) is 1.74. The van der Waals surface area contributed by atoms with E-state index >= 15 is 0 Å². The molecule has 0 rings (SSSR count). The van der Waals surface area contributed by atoms with Gasteiger partial charge < -0.3 is 16.2 Å². The van der Waals surface area contributed by atoms with Crippen molar-refractivity contribution >= 4 is 5.91 Å². The SMILES string of the molecule is CC(CC(N)=O)NCCC(C)(C)O. The second-order valence-corrected chi connectivity index (χ2v) is 4.09. The van der Waals surface area contributed by atoms with E-state index in [9.17, 15) is 9.90 Å². The van der Waals surface area contributed by atoms with Crippen molar-refractivity contribution in [3.63, 3.8) is 0 Å². The summed E-state index contributed by atoms with van der Waals surface area (Å²) in [5.74, 6) is -0.303. The minimum atomic E-state index is -0.653. The van der Waals surface area contributed by atoms with E-state index in [1.54, 1.807) is 13.8 Å². The van der Waals surface area contributed by atoms with E-state index in [0.717, 1.165) is 0 Å². The van der Waals surface area contributed by atoms with E-state index in [4.69, 9.17) is 5.73 Å². The first kappa shape index (κ1) is 12.4. The Balaban J connectivity index is 3.48. The molecule has 0 bridgehead atoms. The number of primary amides is 1. The minimum Gasteiger partial charge on any atom is -0.390 e. The van der Waals surface area contributed by atoms with Crippen molar-refractivity contribution in [1.82, 2.24) is 5.32 Å². The van der Waals surface area contributed by atoms with Crippen LogP contribution in [0.2, 0.25) is 0 Å². The highest BCUT2D eigenvalue weighted by atomic mass is 16.3. The van der Waals surface area contributed by atoms with Crippen molar-refractivity contribution in [3.05, 3.63) is 0 Å². The van der Waals surface area contributed by atoms with Crippen LogP contribution >= 0.6 is 0 Å². The molecule has 0 heterocycles. The van der Waals surface area contributed by atoms with Gasteiger partial charge in [0.1, 0.15) is 0 Å². The lowest BCUT2D eigenvalue weighted by Crippen LogP contribution is -2.34. The molecule has 0 fully saturated rings. The normalized spacial score (nSPS) is 14.2. The van der Waals surface area contributed by atoms with Gasteiger partial charge in [-0.15, -0.1) is 0 Å².